The quantitative estimate of drug-likeness (QED) is 0.744. The van der Waals surface area contributed by atoms with Crippen LogP contribution in [0.4, 0.5) is 0 Å². The van der Waals surface area contributed by atoms with Crippen molar-refractivity contribution < 1.29 is 9.59 Å². The van der Waals surface area contributed by atoms with Crippen LogP contribution < -0.4 is 11.1 Å². The van der Waals surface area contributed by atoms with Crippen LogP contribution in [-0.2, 0) is 16.0 Å². The Labute approximate surface area is 92.5 Å². The van der Waals surface area contributed by atoms with Gasteiger partial charge < -0.3 is 11.1 Å². The van der Waals surface area contributed by atoms with Gasteiger partial charge in [-0.25, -0.2) is 0 Å². The number of nitrogens with one attached hydrogen (secondary N) is 1. The predicted octanol–water partition coefficient (Wildman–Crippen LogP) is 0.671. The molecule has 1 aromatic heterocycles. The smallest absolute Gasteiger partial charge is 0.309 e. The third-order valence-electron chi connectivity index (χ3n) is 1.87. The number of nitrogens with two attached hydrogens (primary N) is 1. The largest absolute Gasteiger partial charge is 0.361 e. The molecule has 0 aromatic carbocycles. The number of hydrogen-bond donors (Lipinski definition) is 2. The fraction of sp³-hybridized carbons (Fsp3) is 0.400. The van der Waals surface area contributed by atoms with Gasteiger partial charge in [-0.2, -0.15) is 0 Å². The summed E-state index contributed by atoms with van der Waals surface area (Å²) in [4.78, 5) is 22.9. The number of thiophene rings is 1. The molecule has 0 spiro atoms. The molecule has 0 saturated heterocycles. The first-order chi connectivity index (χ1) is 6.91. The summed E-state index contributed by atoms with van der Waals surface area (Å²) in [6.07, 6.45) is 0.684. The van der Waals surface area contributed by atoms with Gasteiger partial charge in [0.25, 0.3) is 0 Å². The topological polar surface area (TPSA) is 72.2 Å². The van der Waals surface area contributed by atoms with Gasteiger partial charge in [0.15, 0.2) is 0 Å². The molecule has 0 aliphatic carbocycles. The van der Waals surface area contributed by atoms with Gasteiger partial charge in [-0.05, 0) is 25.3 Å². The molecule has 0 unspecified atom stereocenters. The minimum atomic E-state index is -0.950. The summed E-state index contributed by atoms with van der Waals surface area (Å²) in [5.41, 5.74) is 4.41. The highest BCUT2D eigenvalue weighted by Gasteiger charge is 2.23. The summed E-state index contributed by atoms with van der Waals surface area (Å²) < 4.78 is 0. The molecule has 0 radical (unpaired) electrons. The monoisotopic (exact) mass is 226 g/mol. The summed E-state index contributed by atoms with van der Waals surface area (Å²) >= 11 is 1.62. The molecule has 82 valence electrons. The zero-order chi connectivity index (χ0) is 11.5. The van der Waals surface area contributed by atoms with Gasteiger partial charge in [-0.15, -0.1) is 11.3 Å². The first kappa shape index (κ1) is 11.7. The fourth-order valence-corrected chi connectivity index (χ4v) is 2.20. The van der Waals surface area contributed by atoms with Crippen molar-refractivity contribution in [3.8, 4) is 0 Å². The van der Waals surface area contributed by atoms with E-state index in [1.54, 1.807) is 11.3 Å². The molecule has 0 atom stereocenters. The van der Waals surface area contributed by atoms with Gasteiger partial charge in [0.05, 0.1) is 0 Å². The third-order valence-corrected chi connectivity index (χ3v) is 2.75. The number of carbonyl (C=O) groups excluding carboxylic acids is 2. The summed E-state index contributed by atoms with van der Waals surface area (Å²) in [5, 5.41) is 4.56. The van der Waals surface area contributed by atoms with Gasteiger partial charge in [0.1, 0.15) is 0 Å². The van der Waals surface area contributed by atoms with Crippen molar-refractivity contribution in [2.75, 3.05) is 0 Å². The molecule has 4 nitrogen and oxygen atoms in total. The molecular weight excluding hydrogens is 212 g/mol. The third kappa shape index (κ3) is 3.71. The van der Waals surface area contributed by atoms with Gasteiger partial charge in [-0.1, -0.05) is 6.07 Å². The highest BCUT2D eigenvalue weighted by atomic mass is 32.1. The van der Waals surface area contributed by atoms with E-state index >= 15 is 0 Å². The lowest BCUT2D eigenvalue weighted by molar-refractivity contribution is -0.138. The second kappa shape index (κ2) is 4.44. The molecule has 2 amide bonds. The number of carbonyl (C=O) groups is 2. The van der Waals surface area contributed by atoms with Crippen molar-refractivity contribution in [3.05, 3.63) is 22.4 Å². The first-order valence-electron chi connectivity index (χ1n) is 4.55. The SMILES string of the molecule is CC(C)(Cc1cccs1)NC(=O)C(N)=O. The molecule has 1 heterocycles. The Bertz CT molecular complexity index is 358. The molecule has 0 saturated carbocycles. The van der Waals surface area contributed by atoms with E-state index in [0.29, 0.717) is 6.42 Å². The summed E-state index contributed by atoms with van der Waals surface area (Å²) in [6, 6.07) is 3.94. The van der Waals surface area contributed by atoms with Crippen molar-refractivity contribution in [1.82, 2.24) is 5.32 Å². The standard InChI is InChI=1S/C10H14N2O2S/c1-10(2,12-9(14)8(11)13)6-7-4-3-5-15-7/h3-5H,6H2,1-2H3,(H2,11,13)(H,12,14). The van der Waals surface area contributed by atoms with Crippen LogP contribution in [-0.4, -0.2) is 17.4 Å². The van der Waals surface area contributed by atoms with Gasteiger partial charge in [-0.3, -0.25) is 9.59 Å². The minimum Gasteiger partial charge on any atom is -0.361 e. The lowest BCUT2D eigenvalue weighted by Crippen LogP contribution is -2.49. The van der Waals surface area contributed by atoms with Crippen molar-refractivity contribution >= 4 is 23.2 Å². The average molecular weight is 226 g/mol. The zero-order valence-electron chi connectivity index (χ0n) is 8.74. The number of rotatable bonds is 3. The van der Waals surface area contributed by atoms with Crippen LogP contribution in [0.3, 0.4) is 0 Å². The maximum absolute atomic E-state index is 11.1. The molecule has 5 heteroatoms. The predicted molar refractivity (Wildman–Crippen MR) is 59.4 cm³/mol. The van der Waals surface area contributed by atoms with E-state index in [9.17, 15) is 9.59 Å². The Hall–Kier alpha value is -1.36. The van der Waals surface area contributed by atoms with Crippen LogP contribution in [0.2, 0.25) is 0 Å². The van der Waals surface area contributed by atoms with Crippen LogP contribution in [0.1, 0.15) is 18.7 Å². The minimum absolute atomic E-state index is 0.461. The zero-order valence-corrected chi connectivity index (χ0v) is 9.56. The van der Waals surface area contributed by atoms with Crippen LogP contribution in [0.25, 0.3) is 0 Å². The molecule has 1 aromatic rings. The van der Waals surface area contributed by atoms with Crippen LogP contribution in [0.15, 0.2) is 17.5 Å². The van der Waals surface area contributed by atoms with E-state index < -0.39 is 17.4 Å². The molecule has 0 bridgehead atoms. The van der Waals surface area contributed by atoms with E-state index in [0.717, 1.165) is 4.88 Å². The van der Waals surface area contributed by atoms with Crippen molar-refractivity contribution in [3.63, 3.8) is 0 Å². The fourth-order valence-electron chi connectivity index (χ4n) is 1.26. The first-order valence-corrected chi connectivity index (χ1v) is 5.43. The Morgan fingerprint density at radius 2 is 2.20 bits per heavy atom. The molecule has 0 fully saturated rings. The maximum atomic E-state index is 11.1. The maximum Gasteiger partial charge on any atom is 0.309 e. The number of primary amides is 1. The van der Waals surface area contributed by atoms with Crippen LogP contribution >= 0.6 is 11.3 Å². The lowest BCUT2D eigenvalue weighted by Gasteiger charge is -2.24. The molecule has 3 N–H and O–H groups in total. The van der Waals surface area contributed by atoms with E-state index in [4.69, 9.17) is 5.73 Å². The van der Waals surface area contributed by atoms with Gasteiger partial charge >= 0.3 is 11.8 Å². The highest BCUT2D eigenvalue weighted by Crippen LogP contribution is 2.17. The Balaban J connectivity index is 2.59. The van der Waals surface area contributed by atoms with Crippen molar-refractivity contribution in [2.45, 2.75) is 25.8 Å². The van der Waals surface area contributed by atoms with Crippen molar-refractivity contribution in [1.29, 1.82) is 0 Å². The molecule has 1 rings (SSSR count). The van der Waals surface area contributed by atoms with Crippen LogP contribution in [0, 0.1) is 0 Å². The summed E-state index contributed by atoms with van der Waals surface area (Å²) in [5.74, 6) is -1.69. The second-order valence-corrected chi connectivity index (χ2v) is 4.99. The van der Waals surface area contributed by atoms with E-state index in [1.807, 2.05) is 31.4 Å². The second-order valence-electron chi connectivity index (χ2n) is 3.96. The average Bonchev–Trinajstić information content (AvgIpc) is 2.54. The molecule has 0 aliphatic heterocycles. The molecule has 0 aliphatic rings. The van der Waals surface area contributed by atoms with E-state index in [-0.39, 0.29) is 0 Å². The summed E-state index contributed by atoms with van der Waals surface area (Å²) in [7, 11) is 0. The van der Waals surface area contributed by atoms with Gasteiger partial charge in [0, 0.05) is 16.8 Å². The summed E-state index contributed by atoms with van der Waals surface area (Å²) in [6.45, 7) is 3.71. The van der Waals surface area contributed by atoms with E-state index in [2.05, 4.69) is 5.32 Å². The Morgan fingerprint density at radius 3 is 2.67 bits per heavy atom. The molecular formula is C10H14N2O2S. The van der Waals surface area contributed by atoms with Gasteiger partial charge in [0.2, 0.25) is 0 Å². The normalized spacial score (nSPS) is 11.1. The Kier molecular flexibility index (Phi) is 3.47. The lowest BCUT2D eigenvalue weighted by atomic mass is 9.99. The Morgan fingerprint density at radius 1 is 1.53 bits per heavy atom. The number of amides is 2. The number of hydrogen-bond acceptors (Lipinski definition) is 3. The molecule has 15 heavy (non-hydrogen) atoms. The highest BCUT2D eigenvalue weighted by molar-refractivity contribution is 7.09. The van der Waals surface area contributed by atoms with Crippen LogP contribution in [0.5, 0.6) is 0 Å². The van der Waals surface area contributed by atoms with E-state index in [1.165, 1.54) is 0 Å². The van der Waals surface area contributed by atoms with Crippen molar-refractivity contribution in [2.24, 2.45) is 5.73 Å².